The minimum Gasteiger partial charge on any atom is -0.481 e. The second-order valence-electron chi connectivity index (χ2n) is 5.43. The SMILES string of the molecule is CC(C)c1nn(C)c(NC2C=CC(C(=O)O)C2)c1[N+](=O)[O-]. The second kappa shape index (κ2) is 5.55. The molecule has 21 heavy (non-hydrogen) atoms. The van der Waals surface area contributed by atoms with E-state index in [0.717, 1.165) is 0 Å². The Bertz CT molecular complexity index is 606. The van der Waals surface area contributed by atoms with Crippen molar-refractivity contribution >= 4 is 17.5 Å². The van der Waals surface area contributed by atoms with Crippen molar-refractivity contribution in [3.63, 3.8) is 0 Å². The lowest BCUT2D eigenvalue weighted by molar-refractivity contribution is -0.384. The van der Waals surface area contributed by atoms with Crippen molar-refractivity contribution in [1.29, 1.82) is 0 Å². The normalized spacial score (nSPS) is 21.0. The predicted molar refractivity (Wildman–Crippen MR) is 76.2 cm³/mol. The van der Waals surface area contributed by atoms with Gasteiger partial charge in [-0.3, -0.25) is 14.9 Å². The highest BCUT2D eigenvalue weighted by molar-refractivity contribution is 5.73. The van der Waals surface area contributed by atoms with Crippen LogP contribution >= 0.6 is 0 Å². The van der Waals surface area contributed by atoms with Gasteiger partial charge in [-0.1, -0.05) is 26.0 Å². The predicted octanol–water partition coefficient (Wildman–Crippen LogP) is 1.89. The molecule has 2 rings (SSSR count). The summed E-state index contributed by atoms with van der Waals surface area (Å²) in [5.74, 6) is -1.21. The van der Waals surface area contributed by atoms with Crippen LogP contribution in [0.2, 0.25) is 0 Å². The van der Waals surface area contributed by atoms with Crippen LogP contribution in [0.5, 0.6) is 0 Å². The molecule has 0 aromatic carbocycles. The van der Waals surface area contributed by atoms with Crippen molar-refractivity contribution in [1.82, 2.24) is 9.78 Å². The summed E-state index contributed by atoms with van der Waals surface area (Å²) in [5, 5.41) is 27.5. The highest BCUT2D eigenvalue weighted by Crippen LogP contribution is 2.34. The van der Waals surface area contributed by atoms with E-state index in [1.165, 1.54) is 4.68 Å². The van der Waals surface area contributed by atoms with E-state index in [2.05, 4.69) is 10.4 Å². The first-order valence-electron chi connectivity index (χ1n) is 6.70. The van der Waals surface area contributed by atoms with Crippen molar-refractivity contribution in [2.45, 2.75) is 32.2 Å². The van der Waals surface area contributed by atoms with Crippen LogP contribution in [0.1, 0.15) is 31.9 Å². The van der Waals surface area contributed by atoms with E-state index < -0.39 is 16.8 Å². The van der Waals surface area contributed by atoms with Crippen LogP contribution in [-0.4, -0.2) is 31.8 Å². The van der Waals surface area contributed by atoms with Gasteiger partial charge in [0.25, 0.3) is 0 Å². The van der Waals surface area contributed by atoms with Gasteiger partial charge in [0, 0.05) is 19.0 Å². The molecule has 0 fully saturated rings. The maximum atomic E-state index is 11.3. The number of rotatable bonds is 5. The number of anilines is 1. The number of aromatic nitrogens is 2. The molecule has 0 saturated heterocycles. The lowest BCUT2D eigenvalue weighted by Crippen LogP contribution is -2.20. The molecule has 2 atom stereocenters. The zero-order valence-electron chi connectivity index (χ0n) is 12.1. The van der Waals surface area contributed by atoms with E-state index in [0.29, 0.717) is 17.9 Å². The maximum absolute atomic E-state index is 11.3. The lowest BCUT2D eigenvalue weighted by Gasteiger charge is -2.13. The molecule has 8 nitrogen and oxygen atoms in total. The molecule has 0 radical (unpaired) electrons. The van der Waals surface area contributed by atoms with Crippen molar-refractivity contribution < 1.29 is 14.8 Å². The molecule has 0 spiro atoms. The monoisotopic (exact) mass is 294 g/mol. The van der Waals surface area contributed by atoms with E-state index in [4.69, 9.17) is 5.11 Å². The van der Waals surface area contributed by atoms with Crippen LogP contribution in [0.25, 0.3) is 0 Å². The van der Waals surface area contributed by atoms with Crippen molar-refractivity contribution in [2.24, 2.45) is 13.0 Å². The largest absolute Gasteiger partial charge is 0.481 e. The minimum absolute atomic E-state index is 0.0420. The van der Waals surface area contributed by atoms with E-state index in [1.807, 2.05) is 13.8 Å². The topological polar surface area (TPSA) is 110 Å². The molecule has 2 unspecified atom stereocenters. The lowest BCUT2D eigenvalue weighted by atomic mass is 10.1. The summed E-state index contributed by atoms with van der Waals surface area (Å²) in [4.78, 5) is 21.8. The molecule has 1 aromatic heterocycles. The first-order valence-corrected chi connectivity index (χ1v) is 6.70. The number of aryl methyl sites for hydroxylation is 1. The molecule has 0 bridgehead atoms. The number of carboxylic acid groups (broad SMARTS) is 1. The van der Waals surface area contributed by atoms with Crippen LogP contribution in [0.4, 0.5) is 11.5 Å². The van der Waals surface area contributed by atoms with E-state index in [1.54, 1.807) is 19.2 Å². The molecular weight excluding hydrogens is 276 g/mol. The molecular formula is C13H18N4O4. The molecule has 1 aromatic rings. The number of carbonyl (C=O) groups is 1. The molecule has 1 aliphatic carbocycles. The van der Waals surface area contributed by atoms with Crippen molar-refractivity contribution in [2.75, 3.05) is 5.32 Å². The molecule has 0 saturated carbocycles. The van der Waals surface area contributed by atoms with Gasteiger partial charge in [-0.25, -0.2) is 4.68 Å². The fourth-order valence-corrected chi connectivity index (χ4v) is 2.43. The molecule has 1 heterocycles. The maximum Gasteiger partial charge on any atom is 0.334 e. The first kappa shape index (κ1) is 15.0. The van der Waals surface area contributed by atoms with Crippen molar-refractivity contribution in [3.05, 3.63) is 28.0 Å². The number of carboxylic acids is 1. The van der Waals surface area contributed by atoms with Gasteiger partial charge in [-0.2, -0.15) is 5.10 Å². The van der Waals surface area contributed by atoms with Crippen LogP contribution in [0, 0.1) is 16.0 Å². The van der Waals surface area contributed by atoms with Gasteiger partial charge >= 0.3 is 11.7 Å². The first-order chi connectivity index (χ1) is 9.81. The molecule has 2 N–H and O–H groups in total. The van der Waals surface area contributed by atoms with Gasteiger partial charge in [-0.15, -0.1) is 0 Å². The quantitative estimate of drug-likeness (QED) is 0.487. The van der Waals surface area contributed by atoms with Gasteiger partial charge in [0.15, 0.2) is 0 Å². The molecule has 1 aliphatic rings. The highest BCUT2D eigenvalue weighted by Gasteiger charge is 2.31. The fraction of sp³-hybridized carbons (Fsp3) is 0.538. The third-order valence-electron chi connectivity index (χ3n) is 3.50. The zero-order chi connectivity index (χ0) is 15.7. The van der Waals surface area contributed by atoms with E-state index >= 15 is 0 Å². The van der Waals surface area contributed by atoms with Gasteiger partial charge in [-0.05, 0) is 6.42 Å². The summed E-state index contributed by atoms with van der Waals surface area (Å²) in [6.45, 7) is 3.68. The Hall–Kier alpha value is -2.38. The second-order valence-corrected chi connectivity index (χ2v) is 5.43. The van der Waals surface area contributed by atoms with Gasteiger partial charge in [0.2, 0.25) is 5.82 Å². The summed E-state index contributed by atoms with van der Waals surface area (Å²) in [6.07, 6.45) is 3.70. The van der Waals surface area contributed by atoms with Crippen LogP contribution in [0.3, 0.4) is 0 Å². The average molecular weight is 294 g/mol. The number of hydrogen-bond acceptors (Lipinski definition) is 5. The van der Waals surface area contributed by atoms with Gasteiger partial charge in [0.05, 0.1) is 10.8 Å². The number of nitrogens with one attached hydrogen (secondary N) is 1. The van der Waals surface area contributed by atoms with Crippen LogP contribution in [-0.2, 0) is 11.8 Å². The summed E-state index contributed by atoms with van der Waals surface area (Å²) < 4.78 is 1.44. The van der Waals surface area contributed by atoms with E-state index in [-0.39, 0.29) is 17.6 Å². The Labute approximate surface area is 121 Å². The van der Waals surface area contributed by atoms with E-state index in [9.17, 15) is 14.9 Å². The molecule has 0 amide bonds. The summed E-state index contributed by atoms with van der Waals surface area (Å²) in [7, 11) is 1.63. The third-order valence-corrected chi connectivity index (χ3v) is 3.50. The molecule has 114 valence electrons. The Balaban J connectivity index is 2.27. The number of hydrogen-bond donors (Lipinski definition) is 2. The Morgan fingerprint density at radius 3 is 2.71 bits per heavy atom. The Morgan fingerprint density at radius 2 is 2.24 bits per heavy atom. The van der Waals surface area contributed by atoms with Crippen molar-refractivity contribution in [3.8, 4) is 0 Å². The average Bonchev–Trinajstić information content (AvgIpc) is 2.96. The summed E-state index contributed by atoms with van der Waals surface area (Å²) >= 11 is 0. The molecule has 8 heteroatoms. The number of aliphatic carboxylic acids is 1. The summed E-state index contributed by atoms with van der Waals surface area (Å²) in [5.41, 5.74) is 0.376. The minimum atomic E-state index is -0.891. The van der Waals surface area contributed by atoms with Gasteiger partial charge < -0.3 is 10.4 Å². The smallest absolute Gasteiger partial charge is 0.334 e. The Kier molecular flexibility index (Phi) is 3.97. The number of nitrogens with zero attached hydrogens (tertiary/aromatic N) is 3. The third kappa shape index (κ3) is 2.88. The standard InChI is InChI=1S/C13H18N4O4/c1-7(2)10-11(17(20)21)12(16(3)15-10)14-9-5-4-8(6-9)13(18)19/h4-5,7-9,14H,6H2,1-3H3,(H,18,19). The zero-order valence-corrected chi connectivity index (χ0v) is 12.1. The molecule has 0 aliphatic heterocycles. The highest BCUT2D eigenvalue weighted by atomic mass is 16.6. The van der Waals surface area contributed by atoms with Crippen LogP contribution < -0.4 is 5.32 Å². The fourth-order valence-electron chi connectivity index (χ4n) is 2.43. The van der Waals surface area contributed by atoms with Crippen LogP contribution in [0.15, 0.2) is 12.2 Å². The number of nitro groups is 1. The Morgan fingerprint density at radius 1 is 1.57 bits per heavy atom. The van der Waals surface area contributed by atoms with Gasteiger partial charge in [0.1, 0.15) is 5.69 Å². The summed E-state index contributed by atoms with van der Waals surface area (Å²) in [6, 6.07) is -0.250.